The highest BCUT2D eigenvalue weighted by Gasteiger charge is 2.11. The van der Waals surface area contributed by atoms with Crippen LogP contribution >= 0.6 is 11.6 Å². The molecule has 0 aliphatic heterocycles. The van der Waals surface area contributed by atoms with Gasteiger partial charge in [-0.1, -0.05) is 11.6 Å². The van der Waals surface area contributed by atoms with Gasteiger partial charge in [-0.2, -0.15) is 0 Å². The highest BCUT2D eigenvalue weighted by Crippen LogP contribution is 2.27. The smallest absolute Gasteiger partial charge is 0.181 e. The van der Waals surface area contributed by atoms with Crippen molar-refractivity contribution in [3.05, 3.63) is 28.6 Å². The first-order chi connectivity index (χ1) is 6.24. The highest BCUT2D eigenvalue weighted by atomic mass is 35.5. The molecule has 0 saturated heterocycles. The fourth-order valence-corrected chi connectivity index (χ4v) is 1.53. The Balaban J connectivity index is 2.87. The molecule has 0 atom stereocenters. The molecule has 3 nitrogen and oxygen atoms in total. The molecule has 0 aliphatic rings. The zero-order valence-corrected chi connectivity index (χ0v) is 7.80. The van der Waals surface area contributed by atoms with Gasteiger partial charge in [-0.25, -0.2) is 4.98 Å². The maximum atomic E-state index is 9.11. The predicted octanol–water partition coefficient (Wildman–Crippen LogP) is 2.28. The van der Waals surface area contributed by atoms with Crippen molar-refractivity contribution in [3.8, 4) is 0 Å². The van der Waals surface area contributed by atoms with Gasteiger partial charge >= 0.3 is 0 Å². The number of hydrogen-bond acceptors (Lipinski definition) is 3. The summed E-state index contributed by atoms with van der Waals surface area (Å²) >= 11 is 5.94. The van der Waals surface area contributed by atoms with Crippen LogP contribution in [-0.2, 0) is 6.61 Å². The van der Waals surface area contributed by atoms with E-state index in [0.717, 1.165) is 5.56 Å². The largest absolute Gasteiger partial charge is 0.443 e. The minimum absolute atomic E-state index is 0.0852. The van der Waals surface area contributed by atoms with Gasteiger partial charge in [0, 0.05) is 10.6 Å². The molecule has 4 heteroatoms. The van der Waals surface area contributed by atoms with Crippen LogP contribution in [-0.4, -0.2) is 10.1 Å². The standard InChI is InChI=1S/C9H8ClNO2/c1-5-6(3-12)9-8(2-7(5)10)11-4-13-9/h2,4,12H,3H2,1H3. The van der Waals surface area contributed by atoms with E-state index >= 15 is 0 Å². The zero-order chi connectivity index (χ0) is 9.42. The molecule has 1 aromatic carbocycles. The summed E-state index contributed by atoms with van der Waals surface area (Å²) in [7, 11) is 0. The van der Waals surface area contributed by atoms with Gasteiger partial charge in [-0.05, 0) is 18.6 Å². The first kappa shape index (κ1) is 8.53. The molecule has 13 heavy (non-hydrogen) atoms. The number of aliphatic hydroxyl groups excluding tert-OH is 1. The topological polar surface area (TPSA) is 46.3 Å². The second kappa shape index (κ2) is 3.01. The Morgan fingerprint density at radius 1 is 1.62 bits per heavy atom. The van der Waals surface area contributed by atoms with Gasteiger partial charge in [0.15, 0.2) is 12.0 Å². The fourth-order valence-electron chi connectivity index (χ4n) is 1.32. The van der Waals surface area contributed by atoms with Crippen LogP contribution in [0.2, 0.25) is 5.02 Å². The van der Waals surface area contributed by atoms with E-state index < -0.39 is 0 Å². The number of aliphatic hydroxyl groups is 1. The second-order valence-electron chi connectivity index (χ2n) is 2.82. The molecular formula is C9H8ClNO2. The van der Waals surface area contributed by atoms with Gasteiger partial charge < -0.3 is 9.52 Å². The second-order valence-corrected chi connectivity index (χ2v) is 3.23. The van der Waals surface area contributed by atoms with Gasteiger partial charge in [-0.15, -0.1) is 0 Å². The SMILES string of the molecule is Cc1c(Cl)cc2ncoc2c1CO. The van der Waals surface area contributed by atoms with Crippen molar-refractivity contribution in [2.75, 3.05) is 0 Å². The number of oxazole rings is 1. The van der Waals surface area contributed by atoms with Gasteiger partial charge in [0.2, 0.25) is 0 Å². The maximum Gasteiger partial charge on any atom is 0.181 e. The molecule has 0 unspecified atom stereocenters. The maximum absolute atomic E-state index is 9.11. The third-order valence-electron chi connectivity index (χ3n) is 2.10. The lowest BCUT2D eigenvalue weighted by atomic mass is 10.1. The number of nitrogens with zero attached hydrogens (tertiary/aromatic N) is 1. The van der Waals surface area contributed by atoms with E-state index in [1.165, 1.54) is 6.39 Å². The average Bonchev–Trinajstić information content (AvgIpc) is 2.54. The van der Waals surface area contributed by atoms with Crippen molar-refractivity contribution in [1.82, 2.24) is 4.98 Å². The van der Waals surface area contributed by atoms with E-state index in [4.69, 9.17) is 21.1 Å². The summed E-state index contributed by atoms with van der Waals surface area (Å²) in [5.41, 5.74) is 2.84. The summed E-state index contributed by atoms with van der Waals surface area (Å²) in [5.74, 6) is 0. The van der Waals surface area contributed by atoms with Crippen molar-refractivity contribution >= 4 is 22.7 Å². The van der Waals surface area contributed by atoms with Crippen LogP contribution in [0.15, 0.2) is 16.9 Å². The van der Waals surface area contributed by atoms with E-state index in [1.54, 1.807) is 6.07 Å². The number of aromatic nitrogens is 1. The lowest BCUT2D eigenvalue weighted by Gasteiger charge is -2.03. The minimum atomic E-state index is -0.0852. The van der Waals surface area contributed by atoms with Crippen molar-refractivity contribution in [2.24, 2.45) is 0 Å². The average molecular weight is 198 g/mol. The molecular weight excluding hydrogens is 190 g/mol. The third-order valence-corrected chi connectivity index (χ3v) is 2.49. The Morgan fingerprint density at radius 2 is 2.38 bits per heavy atom. The van der Waals surface area contributed by atoms with E-state index in [1.807, 2.05) is 6.92 Å². The number of halogens is 1. The van der Waals surface area contributed by atoms with E-state index in [-0.39, 0.29) is 6.61 Å². The first-order valence-corrected chi connectivity index (χ1v) is 4.24. The molecule has 0 spiro atoms. The van der Waals surface area contributed by atoms with Crippen LogP contribution in [0.25, 0.3) is 11.1 Å². The van der Waals surface area contributed by atoms with Gasteiger partial charge in [0.05, 0.1) is 6.61 Å². The van der Waals surface area contributed by atoms with Crippen LogP contribution in [0.3, 0.4) is 0 Å². The summed E-state index contributed by atoms with van der Waals surface area (Å²) < 4.78 is 5.15. The quantitative estimate of drug-likeness (QED) is 0.763. The third kappa shape index (κ3) is 1.20. The van der Waals surface area contributed by atoms with Gasteiger partial charge in [0.25, 0.3) is 0 Å². The fraction of sp³-hybridized carbons (Fsp3) is 0.222. The zero-order valence-electron chi connectivity index (χ0n) is 7.04. The Bertz CT molecular complexity index is 450. The lowest BCUT2D eigenvalue weighted by Crippen LogP contribution is -1.90. The Morgan fingerprint density at radius 3 is 3.08 bits per heavy atom. The summed E-state index contributed by atoms with van der Waals surface area (Å²) in [6.45, 7) is 1.76. The van der Waals surface area contributed by atoms with E-state index in [9.17, 15) is 0 Å². The molecule has 0 saturated carbocycles. The summed E-state index contributed by atoms with van der Waals surface area (Å²) in [4.78, 5) is 3.97. The molecule has 2 aromatic rings. The number of rotatable bonds is 1. The molecule has 1 heterocycles. The molecule has 0 aliphatic carbocycles. The van der Waals surface area contributed by atoms with Crippen LogP contribution in [0.5, 0.6) is 0 Å². The van der Waals surface area contributed by atoms with Crippen LogP contribution in [0.1, 0.15) is 11.1 Å². The van der Waals surface area contributed by atoms with Crippen molar-refractivity contribution in [3.63, 3.8) is 0 Å². The lowest BCUT2D eigenvalue weighted by molar-refractivity contribution is 0.281. The number of fused-ring (bicyclic) bond motifs is 1. The highest BCUT2D eigenvalue weighted by molar-refractivity contribution is 6.32. The number of hydrogen-bond donors (Lipinski definition) is 1. The monoisotopic (exact) mass is 197 g/mol. The Hall–Kier alpha value is -1.06. The van der Waals surface area contributed by atoms with Crippen LogP contribution < -0.4 is 0 Å². The Kier molecular flexibility index (Phi) is 1.98. The van der Waals surface area contributed by atoms with Gasteiger partial charge in [-0.3, -0.25) is 0 Å². The first-order valence-electron chi connectivity index (χ1n) is 3.86. The summed E-state index contributed by atoms with van der Waals surface area (Å²) in [6, 6.07) is 1.73. The van der Waals surface area contributed by atoms with Gasteiger partial charge in [0.1, 0.15) is 5.52 Å². The molecule has 0 bridgehead atoms. The number of benzene rings is 1. The summed E-state index contributed by atoms with van der Waals surface area (Å²) in [6.07, 6.45) is 1.35. The van der Waals surface area contributed by atoms with E-state index in [0.29, 0.717) is 21.7 Å². The molecule has 1 aromatic heterocycles. The van der Waals surface area contributed by atoms with Crippen LogP contribution in [0.4, 0.5) is 0 Å². The molecule has 0 fully saturated rings. The van der Waals surface area contributed by atoms with Crippen molar-refractivity contribution in [2.45, 2.75) is 13.5 Å². The molecule has 0 amide bonds. The Labute approximate surface area is 80.0 Å². The van der Waals surface area contributed by atoms with Crippen molar-refractivity contribution in [1.29, 1.82) is 0 Å². The summed E-state index contributed by atoms with van der Waals surface area (Å²) in [5, 5.41) is 9.72. The molecule has 2 rings (SSSR count). The minimum Gasteiger partial charge on any atom is -0.443 e. The molecule has 1 N–H and O–H groups in total. The van der Waals surface area contributed by atoms with E-state index in [2.05, 4.69) is 4.98 Å². The molecule has 0 radical (unpaired) electrons. The normalized spacial score (nSPS) is 11.0. The molecule has 68 valence electrons. The van der Waals surface area contributed by atoms with Crippen molar-refractivity contribution < 1.29 is 9.52 Å². The van der Waals surface area contributed by atoms with Crippen LogP contribution in [0, 0.1) is 6.92 Å². The predicted molar refractivity (Wildman–Crippen MR) is 49.7 cm³/mol.